The molecule has 0 aliphatic heterocycles. The molecular weight excluding hydrogens is 200 g/mol. The molecule has 0 radical (unpaired) electrons. The first-order valence-corrected chi connectivity index (χ1v) is 4.46. The van der Waals surface area contributed by atoms with E-state index in [2.05, 4.69) is 12.6 Å². The van der Waals surface area contributed by atoms with E-state index in [4.69, 9.17) is 5.11 Å². The SMILES string of the molecule is Cc1ccc(C(=O)S)c(C)c1C(=O)O. The summed E-state index contributed by atoms with van der Waals surface area (Å²) in [7, 11) is 0. The lowest BCUT2D eigenvalue weighted by atomic mass is 9.98. The van der Waals surface area contributed by atoms with Crippen LogP contribution in [0, 0.1) is 13.8 Å². The number of carbonyl (C=O) groups is 2. The highest BCUT2D eigenvalue weighted by atomic mass is 32.1. The molecule has 1 aromatic rings. The number of hydrogen-bond acceptors (Lipinski definition) is 2. The van der Waals surface area contributed by atoms with Gasteiger partial charge in [0.05, 0.1) is 5.56 Å². The summed E-state index contributed by atoms with van der Waals surface area (Å²) in [5.74, 6) is -1.02. The van der Waals surface area contributed by atoms with Gasteiger partial charge in [0.25, 0.3) is 0 Å². The highest BCUT2D eigenvalue weighted by Gasteiger charge is 2.15. The lowest BCUT2D eigenvalue weighted by Gasteiger charge is -2.08. The van der Waals surface area contributed by atoms with Crippen LogP contribution in [-0.4, -0.2) is 16.2 Å². The lowest BCUT2D eigenvalue weighted by Crippen LogP contribution is -2.07. The summed E-state index contributed by atoms with van der Waals surface area (Å²) < 4.78 is 0. The Balaban J connectivity index is 3.49. The summed E-state index contributed by atoms with van der Waals surface area (Å²) in [6.45, 7) is 3.31. The number of hydrogen-bond donors (Lipinski definition) is 2. The molecule has 3 nitrogen and oxygen atoms in total. The van der Waals surface area contributed by atoms with E-state index in [1.54, 1.807) is 26.0 Å². The van der Waals surface area contributed by atoms with Crippen LogP contribution >= 0.6 is 12.6 Å². The number of rotatable bonds is 2. The van der Waals surface area contributed by atoms with E-state index in [1.807, 2.05) is 0 Å². The fourth-order valence-electron chi connectivity index (χ4n) is 1.41. The molecule has 1 rings (SSSR count). The van der Waals surface area contributed by atoms with Gasteiger partial charge in [-0.2, -0.15) is 0 Å². The Morgan fingerprint density at radius 2 is 1.86 bits per heavy atom. The van der Waals surface area contributed by atoms with Crippen LogP contribution in [0.1, 0.15) is 31.8 Å². The molecule has 0 spiro atoms. The summed E-state index contributed by atoms with van der Waals surface area (Å²) in [5.41, 5.74) is 1.65. The Hall–Kier alpha value is -1.29. The number of carboxylic acids is 1. The van der Waals surface area contributed by atoms with Crippen molar-refractivity contribution in [2.45, 2.75) is 13.8 Å². The molecule has 0 amide bonds. The third-order valence-corrected chi connectivity index (χ3v) is 2.36. The Kier molecular flexibility index (Phi) is 2.96. The quantitative estimate of drug-likeness (QED) is 0.735. The second kappa shape index (κ2) is 3.84. The van der Waals surface area contributed by atoms with E-state index in [0.29, 0.717) is 16.7 Å². The molecule has 0 saturated heterocycles. The smallest absolute Gasteiger partial charge is 0.336 e. The maximum absolute atomic E-state index is 11.0. The van der Waals surface area contributed by atoms with Gasteiger partial charge in [-0.1, -0.05) is 6.07 Å². The average molecular weight is 210 g/mol. The van der Waals surface area contributed by atoms with Crippen molar-refractivity contribution < 1.29 is 14.7 Å². The summed E-state index contributed by atoms with van der Waals surface area (Å²) in [6.07, 6.45) is 0. The van der Waals surface area contributed by atoms with Crippen LogP contribution in [0.4, 0.5) is 0 Å². The number of aromatic carboxylic acids is 1. The number of benzene rings is 1. The van der Waals surface area contributed by atoms with Gasteiger partial charge >= 0.3 is 5.97 Å². The minimum atomic E-state index is -1.02. The maximum Gasteiger partial charge on any atom is 0.336 e. The second-order valence-corrected chi connectivity index (χ2v) is 3.45. The average Bonchev–Trinajstić information content (AvgIpc) is 2.02. The summed E-state index contributed by atoms with van der Waals surface area (Å²) in [5, 5.41) is 8.50. The molecule has 0 saturated carbocycles. The second-order valence-electron chi connectivity index (χ2n) is 3.04. The molecule has 0 aliphatic rings. The van der Waals surface area contributed by atoms with Crippen LogP contribution in [0.15, 0.2) is 12.1 Å². The molecule has 0 heterocycles. The molecule has 0 fully saturated rings. The number of thiol groups is 1. The van der Waals surface area contributed by atoms with Crippen molar-refractivity contribution >= 4 is 23.7 Å². The van der Waals surface area contributed by atoms with Crippen molar-refractivity contribution in [3.63, 3.8) is 0 Å². The third kappa shape index (κ3) is 1.80. The Bertz CT molecular complexity index is 410. The number of aryl methyl sites for hydroxylation is 1. The predicted octanol–water partition coefficient (Wildman–Crippen LogP) is 2.07. The van der Waals surface area contributed by atoms with Crippen molar-refractivity contribution in [1.82, 2.24) is 0 Å². The zero-order chi connectivity index (χ0) is 10.9. The van der Waals surface area contributed by atoms with E-state index in [0.717, 1.165) is 0 Å². The minimum absolute atomic E-state index is 0.185. The highest BCUT2D eigenvalue weighted by molar-refractivity contribution is 7.97. The van der Waals surface area contributed by atoms with Crippen LogP contribution in [0.3, 0.4) is 0 Å². The molecular formula is C10H10O3S. The van der Waals surface area contributed by atoms with Gasteiger partial charge in [-0.3, -0.25) is 4.79 Å². The fraction of sp³-hybridized carbons (Fsp3) is 0.200. The first kappa shape index (κ1) is 10.8. The molecule has 0 unspecified atom stereocenters. The molecule has 0 atom stereocenters. The summed E-state index contributed by atoms with van der Waals surface area (Å²) in [4.78, 5) is 21.9. The molecule has 14 heavy (non-hydrogen) atoms. The van der Waals surface area contributed by atoms with Gasteiger partial charge in [-0.15, -0.1) is 12.6 Å². The van der Waals surface area contributed by atoms with Crippen LogP contribution < -0.4 is 0 Å². The number of carboxylic acid groups (broad SMARTS) is 1. The van der Waals surface area contributed by atoms with E-state index in [-0.39, 0.29) is 5.56 Å². The van der Waals surface area contributed by atoms with Crippen molar-refractivity contribution in [2.24, 2.45) is 0 Å². The molecule has 74 valence electrons. The highest BCUT2D eigenvalue weighted by Crippen LogP contribution is 2.19. The first-order valence-electron chi connectivity index (χ1n) is 4.02. The van der Waals surface area contributed by atoms with Crippen molar-refractivity contribution in [1.29, 1.82) is 0 Å². The molecule has 1 N–H and O–H groups in total. The molecule has 4 heteroatoms. The van der Waals surface area contributed by atoms with E-state index >= 15 is 0 Å². The third-order valence-electron chi connectivity index (χ3n) is 2.12. The van der Waals surface area contributed by atoms with Gasteiger partial charge in [0, 0.05) is 5.56 Å². The van der Waals surface area contributed by atoms with Gasteiger partial charge in [0.1, 0.15) is 0 Å². The normalized spacial score (nSPS) is 9.93. The van der Waals surface area contributed by atoms with Crippen molar-refractivity contribution in [3.8, 4) is 0 Å². The molecule has 0 aliphatic carbocycles. The molecule has 1 aromatic carbocycles. The largest absolute Gasteiger partial charge is 0.478 e. The van der Waals surface area contributed by atoms with Crippen LogP contribution in [0.5, 0.6) is 0 Å². The van der Waals surface area contributed by atoms with Gasteiger partial charge < -0.3 is 5.11 Å². The summed E-state index contributed by atoms with van der Waals surface area (Å²) in [6, 6.07) is 3.20. The molecule has 0 aromatic heterocycles. The topological polar surface area (TPSA) is 54.4 Å². The minimum Gasteiger partial charge on any atom is -0.478 e. The first-order chi connectivity index (χ1) is 6.45. The van der Waals surface area contributed by atoms with Crippen LogP contribution in [-0.2, 0) is 0 Å². The van der Waals surface area contributed by atoms with Gasteiger partial charge in [-0.25, -0.2) is 4.79 Å². The van der Waals surface area contributed by atoms with E-state index < -0.39 is 11.1 Å². The zero-order valence-corrected chi connectivity index (χ0v) is 8.76. The van der Waals surface area contributed by atoms with Crippen LogP contribution in [0.2, 0.25) is 0 Å². The predicted molar refractivity (Wildman–Crippen MR) is 56.2 cm³/mol. The maximum atomic E-state index is 11.0. The van der Waals surface area contributed by atoms with E-state index in [9.17, 15) is 9.59 Å². The fourth-order valence-corrected chi connectivity index (χ4v) is 1.65. The Labute approximate surface area is 87.2 Å². The Morgan fingerprint density at radius 3 is 2.29 bits per heavy atom. The zero-order valence-electron chi connectivity index (χ0n) is 7.87. The van der Waals surface area contributed by atoms with Crippen LogP contribution in [0.25, 0.3) is 0 Å². The monoisotopic (exact) mass is 210 g/mol. The number of carbonyl (C=O) groups excluding carboxylic acids is 1. The van der Waals surface area contributed by atoms with Crippen molar-refractivity contribution in [3.05, 3.63) is 34.4 Å². The van der Waals surface area contributed by atoms with Gasteiger partial charge in [0.15, 0.2) is 0 Å². The van der Waals surface area contributed by atoms with Crippen molar-refractivity contribution in [2.75, 3.05) is 0 Å². The molecule has 0 bridgehead atoms. The van der Waals surface area contributed by atoms with E-state index in [1.165, 1.54) is 0 Å². The van der Waals surface area contributed by atoms with Gasteiger partial charge in [-0.05, 0) is 31.0 Å². The van der Waals surface area contributed by atoms with Gasteiger partial charge in [0.2, 0.25) is 5.12 Å². The Morgan fingerprint density at radius 1 is 1.29 bits per heavy atom. The standard InChI is InChI=1S/C10H10O3S/c1-5-3-4-7(10(13)14)6(2)8(5)9(11)12/h3-4H,1-2H3,(H,11,12)(H,13,14). The lowest BCUT2D eigenvalue weighted by molar-refractivity contribution is 0.0695. The summed E-state index contributed by atoms with van der Waals surface area (Å²) >= 11 is 3.68.